The Kier molecular flexibility index (Phi) is 4.84. The first-order valence-electron chi connectivity index (χ1n) is 10.3. The topological polar surface area (TPSA) is 74.3 Å². The van der Waals surface area contributed by atoms with Crippen molar-refractivity contribution in [3.63, 3.8) is 0 Å². The summed E-state index contributed by atoms with van der Waals surface area (Å²) in [4.78, 5) is 26.4. The third-order valence-electron chi connectivity index (χ3n) is 7.08. The molecule has 0 amide bonds. The molecule has 1 aromatic carbocycles. The van der Waals surface area contributed by atoms with Gasteiger partial charge in [-0.1, -0.05) is 6.07 Å². The minimum Gasteiger partial charge on any atom is -0.493 e. The molecule has 1 aliphatic carbocycles. The minimum absolute atomic E-state index is 0.0760. The van der Waals surface area contributed by atoms with Crippen LogP contribution >= 0.6 is 0 Å². The Labute approximate surface area is 176 Å². The van der Waals surface area contributed by atoms with Crippen molar-refractivity contribution in [2.45, 2.75) is 63.7 Å². The van der Waals surface area contributed by atoms with Gasteiger partial charge >= 0.3 is 11.9 Å². The number of esters is 2. The zero-order valence-corrected chi connectivity index (χ0v) is 18.4. The molecule has 30 heavy (non-hydrogen) atoms. The van der Waals surface area contributed by atoms with Crippen LogP contribution in [0.25, 0.3) is 0 Å². The Balaban J connectivity index is 2.04. The van der Waals surface area contributed by atoms with Crippen LogP contribution in [0, 0.1) is 6.92 Å². The SMILES string of the molecule is COc1ccc(C)c2c1O[C@H]1C(OC(C)=O)=CCC3(OC(C)=O)C(C)N(C)CC[C@]213. The average Bonchev–Trinajstić information content (AvgIpc) is 3.04. The molecule has 0 bridgehead atoms. The number of methoxy groups -OCH3 is 1. The van der Waals surface area contributed by atoms with E-state index >= 15 is 0 Å². The number of piperidine rings is 1. The Bertz CT molecular complexity index is 940. The Morgan fingerprint density at radius 1 is 1.23 bits per heavy atom. The van der Waals surface area contributed by atoms with Gasteiger partial charge < -0.3 is 18.9 Å². The van der Waals surface area contributed by atoms with Crippen LogP contribution in [0.1, 0.15) is 44.7 Å². The maximum Gasteiger partial charge on any atom is 0.307 e. The number of hydrogen-bond donors (Lipinski definition) is 0. The van der Waals surface area contributed by atoms with E-state index < -0.39 is 23.1 Å². The van der Waals surface area contributed by atoms with Crippen LogP contribution in [-0.2, 0) is 24.5 Å². The monoisotopic (exact) mass is 415 g/mol. The normalized spacial score (nSPS) is 32.1. The lowest BCUT2D eigenvalue weighted by Crippen LogP contribution is -2.73. The van der Waals surface area contributed by atoms with Crippen LogP contribution in [0.4, 0.5) is 0 Å². The maximum absolute atomic E-state index is 12.4. The third-order valence-corrected chi connectivity index (χ3v) is 7.08. The second-order valence-electron chi connectivity index (χ2n) is 8.55. The fourth-order valence-electron chi connectivity index (χ4n) is 5.77. The van der Waals surface area contributed by atoms with Crippen LogP contribution in [0.5, 0.6) is 11.5 Å². The van der Waals surface area contributed by atoms with E-state index in [1.54, 1.807) is 7.11 Å². The van der Waals surface area contributed by atoms with E-state index in [1.165, 1.54) is 13.8 Å². The summed E-state index contributed by atoms with van der Waals surface area (Å²) >= 11 is 0. The van der Waals surface area contributed by atoms with Gasteiger partial charge in [0.2, 0.25) is 0 Å². The quantitative estimate of drug-likeness (QED) is 0.703. The van der Waals surface area contributed by atoms with Crippen molar-refractivity contribution < 1.29 is 28.5 Å². The van der Waals surface area contributed by atoms with Gasteiger partial charge in [0.25, 0.3) is 0 Å². The van der Waals surface area contributed by atoms with Crippen molar-refractivity contribution in [3.8, 4) is 11.5 Å². The molecule has 162 valence electrons. The number of aryl methyl sites for hydroxylation is 1. The summed E-state index contributed by atoms with van der Waals surface area (Å²) in [6, 6.07) is 3.81. The number of carbonyl (C=O) groups is 2. The van der Waals surface area contributed by atoms with E-state index in [4.69, 9.17) is 18.9 Å². The summed E-state index contributed by atoms with van der Waals surface area (Å²) in [5.74, 6) is 0.981. The number of likely N-dealkylation sites (tertiary alicyclic amines) is 1. The van der Waals surface area contributed by atoms with Gasteiger partial charge in [0.05, 0.1) is 12.5 Å². The second kappa shape index (κ2) is 7.01. The molecule has 0 aromatic heterocycles. The van der Waals surface area contributed by atoms with E-state index in [0.717, 1.165) is 17.7 Å². The van der Waals surface area contributed by atoms with Gasteiger partial charge in [0, 0.05) is 31.9 Å². The molecule has 0 radical (unpaired) electrons. The zero-order chi connectivity index (χ0) is 21.8. The average molecular weight is 415 g/mol. The van der Waals surface area contributed by atoms with E-state index in [0.29, 0.717) is 30.1 Å². The van der Waals surface area contributed by atoms with Crippen molar-refractivity contribution in [1.29, 1.82) is 0 Å². The molecule has 3 aliphatic rings. The summed E-state index contributed by atoms with van der Waals surface area (Å²) in [5.41, 5.74) is 0.442. The molecule has 1 fully saturated rings. The highest BCUT2D eigenvalue weighted by molar-refractivity contribution is 5.70. The van der Waals surface area contributed by atoms with Gasteiger partial charge in [-0.3, -0.25) is 14.5 Å². The first-order chi connectivity index (χ1) is 14.2. The summed E-state index contributed by atoms with van der Waals surface area (Å²) in [7, 11) is 3.64. The van der Waals surface area contributed by atoms with E-state index in [1.807, 2.05) is 32.2 Å². The van der Waals surface area contributed by atoms with E-state index in [-0.39, 0.29) is 12.0 Å². The van der Waals surface area contributed by atoms with Gasteiger partial charge in [-0.05, 0) is 51.6 Å². The van der Waals surface area contributed by atoms with Crippen molar-refractivity contribution in [2.24, 2.45) is 0 Å². The molecule has 1 spiro atoms. The van der Waals surface area contributed by atoms with Gasteiger partial charge in [-0.25, -0.2) is 0 Å². The van der Waals surface area contributed by atoms with Gasteiger partial charge in [-0.2, -0.15) is 0 Å². The molecule has 2 aliphatic heterocycles. The highest BCUT2D eigenvalue weighted by atomic mass is 16.6. The van der Waals surface area contributed by atoms with Crippen molar-refractivity contribution >= 4 is 11.9 Å². The molecular formula is C23H29NO6. The molecule has 4 atom stereocenters. The molecule has 1 saturated heterocycles. The van der Waals surface area contributed by atoms with Crippen molar-refractivity contribution in [1.82, 2.24) is 4.90 Å². The number of nitrogens with zero attached hydrogens (tertiary/aromatic N) is 1. The first kappa shape index (κ1) is 20.7. The Morgan fingerprint density at radius 3 is 2.60 bits per heavy atom. The number of benzene rings is 1. The maximum atomic E-state index is 12.4. The number of fused-ring (bicyclic) bond motifs is 1. The van der Waals surface area contributed by atoms with Gasteiger partial charge in [0.15, 0.2) is 17.6 Å². The molecule has 2 unspecified atom stereocenters. The highest BCUT2D eigenvalue weighted by Gasteiger charge is 2.71. The molecule has 4 rings (SSSR count). The largest absolute Gasteiger partial charge is 0.493 e. The third kappa shape index (κ3) is 2.61. The Morgan fingerprint density at radius 2 is 1.97 bits per heavy atom. The molecule has 2 heterocycles. The van der Waals surface area contributed by atoms with Crippen LogP contribution in [-0.4, -0.2) is 55.3 Å². The fourth-order valence-corrected chi connectivity index (χ4v) is 5.77. The molecule has 0 saturated carbocycles. The zero-order valence-electron chi connectivity index (χ0n) is 18.4. The molecule has 0 N–H and O–H groups in total. The molecular weight excluding hydrogens is 386 g/mol. The number of likely N-dealkylation sites (N-methyl/N-ethyl adjacent to an activating group) is 1. The highest BCUT2D eigenvalue weighted by Crippen LogP contribution is 2.63. The molecule has 1 aromatic rings. The van der Waals surface area contributed by atoms with Gasteiger partial charge in [0.1, 0.15) is 11.4 Å². The molecule has 7 nitrogen and oxygen atoms in total. The predicted molar refractivity (Wildman–Crippen MR) is 109 cm³/mol. The number of rotatable bonds is 3. The first-order valence-corrected chi connectivity index (χ1v) is 10.3. The van der Waals surface area contributed by atoms with E-state index in [2.05, 4.69) is 11.8 Å². The van der Waals surface area contributed by atoms with Crippen molar-refractivity contribution in [3.05, 3.63) is 35.1 Å². The summed E-state index contributed by atoms with van der Waals surface area (Å²) in [6.45, 7) is 7.72. The van der Waals surface area contributed by atoms with Gasteiger partial charge in [-0.15, -0.1) is 0 Å². The predicted octanol–water partition coefficient (Wildman–Crippen LogP) is 2.88. The van der Waals surface area contributed by atoms with Crippen molar-refractivity contribution in [2.75, 3.05) is 20.7 Å². The summed E-state index contributed by atoms with van der Waals surface area (Å²) in [6.07, 6.45) is 2.37. The van der Waals surface area contributed by atoms with Crippen LogP contribution in [0.15, 0.2) is 24.0 Å². The van der Waals surface area contributed by atoms with Crippen LogP contribution in [0.3, 0.4) is 0 Å². The summed E-state index contributed by atoms with van der Waals surface area (Å²) < 4.78 is 23.9. The number of carbonyl (C=O) groups excluding carboxylic acids is 2. The lowest BCUT2D eigenvalue weighted by atomic mass is 9.54. The Hall–Kier alpha value is -2.54. The molecule has 7 heteroatoms. The fraction of sp³-hybridized carbons (Fsp3) is 0.565. The van der Waals surface area contributed by atoms with Crippen LogP contribution < -0.4 is 9.47 Å². The summed E-state index contributed by atoms with van der Waals surface area (Å²) in [5, 5.41) is 0. The lowest BCUT2D eigenvalue weighted by molar-refractivity contribution is -0.198. The van der Waals surface area contributed by atoms with Crippen LogP contribution in [0.2, 0.25) is 0 Å². The standard InChI is InChI=1S/C23H29NO6/c1-13-7-8-17(27-6)20-19(13)22-11-12-24(5)14(2)23(22,30-16(4)26)10-9-18(21(22)29-20)28-15(3)25/h7-9,14,21H,10-12H2,1-6H3/t14?,21-,22-,23?/m0/s1. The lowest BCUT2D eigenvalue weighted by Gasteiger charge is -2.59. The number of hydrogen-bond acceptors (Lipinski definition) is 7. The van der Waals surface area contributed by atoms with E-state index in [9.17, 15) is 9.59 Å². The second-order valence-corrected chi connectivity index (χ2v) is 8.55. The number of ether oxygens (including phenoxy) is 4. The minimum atomic E-state index is -0.872. The smallest absolute Gasteiger partial charge is 0.307 e.